The SMILES string of the molecule is O=C(Nc1ccc(Oc2ccnc3[nH]nc(NC(CO)CC(F)(F)F)c23)c(F)c1)c1ccnn(-c2ccc(F)cc2)c1=O. The lowest BCUT2D eigenvalue weighted by molar-refractivity contribution is -0.138. The smallest absolute Gasteiger partial charge is 0.391 e. The molecule has 3 heterocycles. The minimum atomic E-state index is -4.55. The molecule has 0 aliphatic carbocycles. The third-order valence-electron chi connectivity index (χ3n) is 6.03. The highest BCUT2D eigenvalue weighted by Gasteiger charge is 2.32. The van der Waals surface area contributed by atoms with Gasteiger partial charge in [-0.2, -0.15) is 28.1 Å². The fourth-order valence-electron chi connectivity index (χ4n) is 4.08. The molecule has 0 spiro atoms. The van der Waals surface area contributed by atoms with Gasteiger partial charge in [-0.25, -0.2) is 13.8 Å². The van der Waals surface area contributed by atoms with Gasteiger partial charge in [-0.05, 0) is 42.5 Å². The van der Waals surface area contributed by atoms with E-state index in [-0.39, 0.29) is 45.3 Å². The number of ether oxygens (including phenoxy) is 1. The van der Waals surface area contributed by atoms with Crippen LogP contribution in [0.25, 0.3) is 16.7 Å². The van der Waals surface area contributed by atoms with Crippen LogP contribution in [0.4, 0.5) is 33.5 Å². The topological polar surface area (TPSA) is 147 Å². The maximum absolute atomic E-state index is 15.1. The first-order valence-corrected chi connectivity index (χ1v) is 12.4. The molecule has 43 heavy (non-hydrogen) atoms. The summed E-state index contributed by atoms with van der Waals surface area (Å²) < 4.78 is 73.5. The Morgan fingerprint density at radius 3 is 2.51 bits per heavy atom. The van der Waals surface area contributed by atoms with Gasteiger partial charge in [0.25, 0.3) is 11.5 Å². The molecule has 11 nitrogen and oxygen atoms in total. The number of carbonyl (C=O) groups excluding carboxylic acids is 1. The Morgan fingerprint density at radius 1 is 1.05 bits per heavy atom. The van der Waals surface area contributed by atoms with Crippen molar-refractivity contribution >= 4 is 28.4 Å². The van der Waals surface area contributed by atoms with Crippen molar-refractivity contribution in [1.29, 1.82) is 0 Å². The molecule has 0 fully saturated rings. The second kappa shape index (κ2) is 11.8. The second-order valence-corrected chi connectivity index (χ2v) is 9.09. The largest absolute Gasteiger partial charge is 0.453 e. The van der Waals surface area contributed by atoms with E-state index in [9.17, 15) is 32.3 Å². The monoisotopic (exact) mass is 601 g/mol. The first-order chi connectivity index (χ1) is 20.5. The number of anilines is 2. The molecule has 0 aliphatic rings. The number of H-pyrrole nitrogens is 1. The van der Waals surface area contributed by atoms with Crippen LogP contribution in [0.3, 0.4) is 0 Å². The highest BCUT2D eigenvalue weighted by Crippen LogP contribution is 2.35. The van der Waals surface area contributed by atoms with Crippen LogP contribution in [0.15, 0.2) is 71.8 Å². The number of amides is 1. The number of rotatable bonds is 9. The number of fused-ring (bicyclic) bond motifs is 1. The number of benzene rings is 2. The van der Waals surface area contributed by atoms with Gasteiger partial charge in [0.15, 0.2) is 23.0 Å². The summed E-state index contributed by atoms with van der Waals surface area (Å²) in [5, 5.41) is 24.7. The molecule has 3 aromatic heterocycles. The zero-order chi connectivity index (χ0) is 30.7. The third kappa shape index (κ3) is 6.59. The third-order valence-corrected chi connectivity index (χ3v) is 6.03. The maximum atomic E-state index is 15.1. The summed E-state index contributed by atoms with van der Waals surface area (Å²) in [7, 11) is 0. The van der Waals surface area contributed by atoms with E-state index in [1.165, 1.54) is 48.8 Å². The van der Waals surface area contributed by atoms with Crippen molar-refractivity contribution in [2.24, 2.45) is 0 Å². The molecular weight excluding hydrogens is 581 g/mol. The van der Waals surface area contributed by atoms with Crippen LogP contribution < -0.4 is 20.9 Å². The average Bonchev–Trinajstić information content (AvgIpc) is 3.37. The van der Waals surface area contributed by atoms with Gasteiger partial charge in [-0.1, -0.05) is 0 Å². The van der Waals surface area contributed by atoms with Crippen molar-refractivity contribution < 1.29 is 36.6 Å². The lowest BCUT2D eigenvalue weighted by atomic mass is 10.2. The average molecular weight is 601 g/mol. The van der Waals surface area contributed by atoms with Crippen molar-refractivity contribution in [3.8, 4) is 17.2 Å². The van der Waals surface area contributed by atoms with Crippen LogP contribution in [0.2, 0.25) is 0 Å². The molecule has 0 radical (unpaired) electrons. The molecule has 0 saturated heterocycles. The number of pyridine rings is 1. The number of nitrogens with one attached hydrogen (secondary N) is 3. The molecule has 2 aromatic carbocycles. The number of aromatic nitrogens is 5. The van der Waals surface area contributed by atoms with E-state index in [4.69, 9.17) is 4.74 Å². The lowest BCUT2D eigenvalue weighted by Gasteiger charge is -2.18. The molecular formula is C27H20F5N7O4. The molecule has 1 atom stereocenters. The number of hydrogen-bond donors (Lipinski definition) is 4. The number of alkyl halides is 3. The van der Waals surface area contributed by atoms with Crippen LogP contribution in [0.5, 0.6) is 11.5 Å². The zero-order valence-electron chi connectivity index (χ0n) is 21.7. The van der Waals surface area contributed by atoms with E-state index < -0.39 is 48.3 Å². The van der Waals surface area contributed by atoms with Gasteiger partial charge in [0, 0.05) is 30.2 Å². The minimum Gasteiger partial charge on any atom is -0.453 e. The normalized spacial score (nSPS) is 12.2. The molecule has 16 heteroatoms. The van der Waals surface area contributed by atoms with Crippen LogP contribution >= 0.6 is 0 Å². The maximum Gasteiger partial charge on any atom is 0.391 e. The summed E-state index contributed by atoms with van der Waals surface area (Å²) in [6.45, 7) is -0.842. The Morgan fingerprint density at radius 2 is 1.81 bits per heavy atom. The van der Waals surface area contributed by atoms with E-state index >= 15 is 4.39 Å². The van der Waals surface area contributed by atoms with Gasteiger partial charge in [0.2, 0.25) is 0 Å². The Hall–Kier alpha value is -5.38. The molecule has 1 amide bonds. The number of hydrogen-bond acceptors (Lipinski definition) is 8. The predicted octanol–water partition coefficient (Wildman–Crippen LogP) is 4.55. The quantitative estimate of drug-likeness (QED) is 0.180. The number of aliphatic hydroxyl groups is 1. The number of halogens is 5. The van der Waals surface area contributed by atoms with Gasteiger partial charge >= 0.3 is 6.18 Å². The predicted molar refractivity (Wildman–Crippen MR) is 143 cm³/mol. The molecule has 222 valence electrons. The Bertz CT molecular complexity index is 1840. The molecule has 0 bridgehead atoms. The molecule has 0 saturated carbocycles. The summed E-state index contributed by atoms with van der Waals surface area (Å²) >= 11 is 0. The van der Waals surface area contributed by atoms with Gasteiger partial charge in [-0.15, -0.1) is 0 Å². The number of aliphatic hydroxyl groups excluding tert-OH is 1. The van der Waals surface area contributed by atoms with Crippen molar-refractivity contribution in [3.05, 3.63) is 94.5 Å². The van der Waals surface area contributed by atoms with Gasteiger partial charge in [-0.3, -0.25) is 14.7 Å². The fraction of sp³-hybridized carbons (Fsp3) is 0.148. The van der Waals surface area contributed by atoms with Crippen molar-refractivity contribution in [2.75, 3.05) is 17.2 Å². The van der Waals surface area contributed by atoms with E-state index in [1.54, 1.807) is 0 Å². The lowest BCUT2D eigenvalue weighted by Crippen LogP contribution is -2.30. The Balaban J connectivity index is 1.35. The highest BCUT2D eigenvalue weighted by molar-refractivity contribution is 6.04. The van der Waals surface area contributed by atoms with Crippen LogP contribution in [-0.2, 0) is 0 Å². The van der Waals surface area contributed by atoms with Crippen molar-refractivity contribution in [1.82, 2.24) is 25.0 Å². The molecule has 5 rings (SSSR count). The number of aromatic amines is 1. The van der Waals surface area contributed by atoms with Gasteiger partial charge in [0.05, 0.1) is 24.8 Å². The van der Waals surface area contributed by atoms with E-state index in [1.807, 2.05) is 0 Å². The standard InChI is InChI=1S/C27H20F5N7O4/c28-14-1-4-17(5-2-14)39-26(42)18(7-10-34-39)25(41)36-15-3-6-20(19(29)11-15)43-21-8-9-33-23-22(21)24(38-37-23)35-16(13-40)12-27(30,31)32/h1-11,16,40H,12-13H2,(H,36,41)(H2,33,35,37,38). The minimum absolute atomic E-state index is 0.0150. The summed E-state index contributed by atoms with van der Waals surface area (Å²) in [6, 6.07) is 9.40. The first-order valence-electron chi connectivity index (χ1n) is 12.4. The van der Waals surface area contributed by atoms with Crippen LogP contribution in [0, 0.1) is 11.6 Å². The summed E-state index contributed by atoms with van der Waals surface area (Å²) in [6.07, 6.45) is -3.38. The van der Waals surface area contributed by atoms with Gasteiger partial charge in [0.1, 0.15) is 22.5 Å². The molecule has 4 N–H and O–H groups in total. The van der Waals surface area contributed by atoms with E-state index in [2.05, 4.69) is 30.9 Å². The highest BCUT2D eigenvalue weighted by atomic mass is 19.4. The number of carbonyl (C=O) groups is 1. The van der Waals surface area contributed by atoms with E-state index in [0.717, 1.165) is 22.9 Å². The van der Waals surface area contributed by atoms with Crippen LogP contribution in [0.1, 0.15) is 16.8 Å². The molecule has 5 aromatic rings. The van der Waals surface area contributed by atoms with Crippen molar-refractivity contribution in [2.45, 2.75) is 18.6 Å². The summed E-state index contributed by atoms with van der Waals surface area (Å²) in [5.74, 6) is -2.74. The molecule has 1 unspecified atom stereocenters. The van der Waals surface area contributed by atoms with Crippen molar-refractivity contribution in [3.63, 3.8) is 0 Å². The van der Waals surface area contributed by atoms with E-state index in [0.29, 0.717) is 0 Å². The second-order valence-electron chi connectivity index (χ2n) is 9.09. The summed E-state index contributed by atoms with van der Waals surface area (Å²) in [4.78, 5) is 29.7. The Labute approximate surface area is 238 Å². The van der Waals surface area contributed by atoms with Gasteiger partial charge < -0.3 is 20.5 Å². The first kappa shape index (κ1) is 29.1. The number of nitrogens with zero attached hydrogens (tertiary/aromatic N) is 4. The molecule has 0 aliphatic heterocycles. The van der Waals surface area contributed by atoms with Crippen LogP contribution in [-0.4, -0.2) is 54.8 Å². The fourth-order valence-corrected chi connectivity index (χ4v) is 4.08. The Kier molecular flexibility index (Phi) is 8.03. The zero-order valence-corrected chi connectivity index (χ0v) is 21.7. The summed E-state index contributed by atoms with van der Waals surface area (Å²) in [5.41, 5.74) is -0.788.